The number of hydrogen-bond donors (Lipinski definition) is 0. The summed E-state index contributed by atoms with van der Waals surface area (Å²) in [5.41, 5.74) is 2.48. The highest BCUT2D eigenvalue weighted by Gasteiger charge is 2.28. The van der Waals surface area contributed by atoms with E-state index >= 15 is 0 Å². The van der Waals surface area contributed by atoms with Crippen molar-refractivity contribution in [3.63, 3.8) is 0 Å². The third-order valence-corrected chi connectivity index (χ3v) is 5.80. The second-order valence-corrected chi connectivity index (χ2v) is 7.74. The van der Waals surface area contributed by atoms with E-state index in [1.165, 1.54) is 0 Å². The van der Waals surface area contributed by atoms with E-state index < -0.39 is 0 Å². The number of carbonyl (C=O) groups is 1. The average molecular weight is 424 g/mol. The first kappa shape index (κ1) is 21.3. The number of amides is 1. The van der Waals surface area contributed by atoms with Gasteiger partial charge in [0, 0.05) is 38.5 Å². The molecule has 0 atom stereocenters. The Morgan fingerprint density at radius 2 is 1.94 bits per heavy atom. The lowest BCUT2D eigenvalue weighted by molar-refractivity contribution is 0.0318. The number of imidazole rings is 1. The van der Waals surface area contributed by atoms with E-state index in [2.05, 4.69) is 10.1 Å². The summed E-state index contributed by atoms with van der Waals surface area (Å²) in [6.45, 7) is 4.95. The van der Waals surface area contributed by atoms with Gasteiger partial charge >= 0.3 is 0 Å². The van der Waals surface area contributed by atoms with Crippen LogP contribution in [0.1, 0.15) is 40.6 Å². The summed E-state index contributed by atoms with van der Waals surface area (Å²) in [7, 11) is 1.66. The Morgan fingerprint density at radius 3 is 2.68 bits per heavy atom. The van der Waals surface area contributed by atoms with E-state index in [0.29, 0.717) is 44.5 Å². The number of likely N-dealkylation sites (tertiary alicyclic amines) is 1. The van der Waals surface area contributed by atoms with Gasteiger partial charge < -0.3 is 18.9 Å². The summed E-state index contributed by atoms with van der Waals surface area (Å²) in [4.78, 5) is 19.6. The predicted molar refractivity (Wildman–Crippen MR) is 116 cm³/mol. The molecule has 3 aromatic rings. The maximum absolute atomic E-state index is 13.1. The first-order chi connectivity index (χ1) is 15.2. The molecule has 0 bridgehead atoms. The van der Waals surface area contributed by atoms with Gasteiger partial charge in [0.2, 0.25) is 0 Å². The van der Waals surface area contributed by atoms with Crippen LogP contribution >= 0.6 is 0 Å². The monoisotopic (exact) mass is 423 g/mol. The van der Waals surface area contributed by atoms with Gasteiger partial charge in [-0.15, -0.1) is 0 Å². The summed E-state index contributed by atoms with van der Waals surface area (Å²) in [6, 6.07) is 9.88. The van der Waals surface area contributed by atoms with Gasteiger partial charge in [0.15, 0.2) is 0 Å². The summed E-state index contributed by atoms with van der Waals surface area (Å²) in [6.07, 6.45) is 7.20. The normalized spacial score (nSPS) is 14.8. The fourth-order valence-corrected chi connectivity index (χ4v) is 4.06. The minimum Gasteiger partial charge on any atom is -0.382 e. The van der Waals surface area contributed by atoms with Gasteiger partial charge in [-0.05, 0) is 31.9 Å². The third-order valence-electron chi connectivity index (χ3n) is 5.80. The van der Waals surface area contributed by atoms with Crippen molar-refractivity contribution in [2.45, 2.75) is 32.4 Å². The molecular formula is C23H29N5O3. The number of hydrogen-bond acceptors (Lipinski definition) is 5. The molecule has 1 saturated heterocycles. The first-order valence-electron chi connectivity index (χ1n) is 10.7. The number of methoxy groups -OCH3 is 1. The summed E-state index contributed by atoms with van der Waals surface area (Å²) in [5.74, 6) is 1.39. The van der Waals surface area contributed by atoms with E-state index in [1.807, 2.05) is 63.8 Å². The fourth-order valence-electron chi connectivity index (χ4n) is 4.06. The number of ether oxygens (including phenoxy) is 2. The second-order valence-electron chi connectivity index (χ2n) is 7.74. The largest absolute Gasteiger partial charge is 0.382 e. The number of benzene rings is 1. The van der Waals surface area contributed by atoms with Crippen LogP contribution < -0.4 is 0 Å². The maximum atomic E-state index is 13.1. The number of para-hydroxylation sites is 1. The van der Waals surface area contributed by atoms with Crippen LogP contribution in [0.4, 0.5) is 0 Å². The third kappa shape index (κ3) is 4.70. The van der Waals surface area contributed by atoms with E-state index in [0.717, 1.165) is 30.0 Å². The Labute approximate surface area is 182 Å². The smallest absolute Gasteiger partial charge is 0.257 e. The summed E-state index contributed by atoms with van der Waals surface area (Å²) in [5, 5.41) is 4.44. The average Bonchev–Trinajstić information content (AvgIpc) is 3.43. The van der Waals surface area contributed by atoms with Gasteiger partial charge in [-0.2, -0.15) is 5.10 Å². The van der Waals surface area contributed by atoms with Gasteiger partial charge in [0.1, 0.15) is 12.6 Å². The number of rotatable bonds is 8. The van der Waals surface area contributed by atoms with Crippen LogP contribution in [0, 0.1) is 6.92 Å². The molecule has 1 aliphatic heterocycles. The Kier molecular flexibility index (Phi) is 6.79. The molecule has 8 heteroatoms. The number of aromatic nitrogens is 4. The molecule has 164 valence electrons. The Bertz CT molecular complexity index is 990. The zero-order valence-corrected chi connectivity index (χ0v) is 18.1. The van der Waals surface area contributed by atoms with E-state index in [4.69, 9.17) is 9.47 Å². The molecule has 1 aromatic carbocycles. The summed E-state index contributed by atoms with van der Waals surface area (Å²) < 4.78 is 14.5. The molecule has 2 aromatic heterocycles. The van der Waals surface area contributed by atoms with Crippen molar-refractivity contribution < 1.29 is 14.3 Å². The highest BCUT2D eigenvalue weighted by molar-refractivity contribution is 5.95. The molecular weight excluding hydrogens is 394 g/mol. The Balaban J connectivity index is 1.37. The highest BCUT2D eigenvalue weighted by atomic mass is 16.5. The van der Waals surface area contributed by atoms with Crippen molar-refractivity contribution in [2.24, 2.45) is 0 Å². The van der Waals surface area contributed by atoms with Gasteiger partial charge in [-0.25, -0.2) is 9.67 Å². The van der Waals surface area contributed by atoms with Crippen LogP contribution in [0.2, 0.25) is 0 Å². The van der Waals surface area contributed by atoms with E-state index in [1.54, 1.807) is 13.3 Å². The van der Waals surface area contributed by atoms with Gasteiger partial charge in [0.25, 0.3) is 5.91 Å². The van der Waals surface area contributed by atoms with Crippen LogP contribution in [0.15, 0.2) is 48.9 Å². The number of nitrogens with zero attached hydrogens (tertiary/aromatic N) is 5. The molecule has 31 heavy (non-hydrogen) atoms. The number of piperidine rings is 1. The number of carbonyl (C=O) groups excluding carboxylic acids is 1. The van der Waals surface area contributed by atoms with Crippen molar-refractivity contribution in [2.75, 3.05) is 33.4 Å². The second kappa shape index (κ2) is 9.89. The lowest BCUT2D eigenvalue weighted by atomic mass is 9.95. The molecule has 8 nitrogen and oxygen atoms in total. The van der Waals surface area contributed by atoms with Crippen LogP contribution in [-0.4, -0.2) is 63.6 Å². The van der Waals surface area contributed by atoms with Crippen LogP contribution in [0.3, 0.4) is 0 Å². The van der Waals surface area contributed by atoms with Crippen LogP contribution in [0.25, 0.3) is 5.69 Å². The van der Waals surface area contributed by atoms with Crippen molar-refractivity contribution in [1.29, 1.82) is 0 Å². The first-order valence-corrected chi connectivity index (χ1v) is 10.7. The van der Waals surface area contributed by atoms with Gasteiger partial charge in [-0.1, -0.05) is 18.2 Å². The molecule has 4 rings (SSSR count). The van der Waals surface area contributed by atoms with Crippen LogP contribution in [-0.2, 0) is 16.2 Å². The van der Waals surface area contributed by atoms with Crippen molar-refractivity contribution in [3.05, 3.63) is 66.0 Å². The molecule has 0 radical (unpaired) electrons. The summed E-state index contributed by atoms with van der Waals surface area (Å²) >= 11 is 0. The quantitative estimate of drug-likeness (QED) is 0.521. The highest BCUT2D eigenvalue weighted by Crippen LogP contribution is 2.28. The molecule has 3 heterocycles. The zero-order valence-electron chi connectivity index (χ0n) is 18.1. The Hall–Kier alpha value is -2.97. The minimum atomic E-state index is 0.0457. The standard InChI is InChI=1S/C23H29N5O3/c1-18-21(16-25-28(18)20-6-4-3-5-7-20)23(29)26-11-8-19(9-12-26)22-24-10-13-27(22)17-31-15-14-30-2/h3-7,10,13,16,19H,8-9,11-12,14-15,17H2,1-2H3. The predicted octanol–water partition coefficient (Wildman–Crippen LogP) is 3.02. The maximum Gasteiger partial charge on any atom is 0.257 e. The van der Waals surface area contributed by atoms with Gasteiger partial charge in [0.05, 0.1) is 36.4 Å². The van der Waals surface area contributed by atoms with Gasteiger partial charge in [-0.3, -0.25) is 4.79 Å². The van der Waals surface area contributed by atoms with Crippen LogP contribution in [0.5, 0.6) is 0 Å². The SMILES string of the molecule is COCCOCn1ccnc1C1CCN(C(=O)c2cnn(-c3ccccc3)c2C)CC1. The zero-order chi connectivity index (χ0) is 21.6. The molecule has 0 spiro atoms. The van der Waals surface area contributed by atoms with E-state index in [9.17, 15) is 4.79 Å². The molecule has 0 N–H and O–H groups in total. The molecule has 0 saturated carbocycles. The molecule has 1 amide bonds. The Morgan fingerprint density at radius 1 is 1.16 bits per heavy atom. The molecule has 0 unspecified atom stereocenters. The topological polar surface area (TPSA) is 74.4 Å². The molecule has 1 fully saturated rings. The lowest BCUT2D eigenvalue weighted by Crippen LogP contribution is -2.38. The molecule has 0 aliphatic carbocycles. The molecule has 1 aliphatic rings. The van der Waals surface area contributed by atoms with Crippen molar-refractivity contribution in [3.8, 4) is 5.69 Å². The van der Waals surface area contributed by atoms with E-state index in [-0.39, 0.29) is 5.91 Å². The van der Waals surface area contributed by atoms with Crippen molar-refractivity contribution >= 4 is 5.91 Å². The minimum absolute atomic E-state index is 0.0457. The fraction of sp³-hybridized carbons (Fsp3) is 0.435. The lowest BCUT2D eigenvalue weighted by Gasteiger charge is -2.32. The van der Waals surface area contributed by atoms with Crippen molar-refractivity contribution in [1.82, 2.24) is 24.2 Å².